The molecule has 1 aromatic rings. The lowest BCUT2D eigenvalue weighted by Crippen LogP contribution is -2.24. The standard InChI is InChI=1S/C10H10BrCl2NO/c1-2-3-14-10(15)6-4-9(13)7(11)5-8(6)12/h4-5H,2-3H2,1H3,(H,14,15). The summed E-state index contributed by atoms with van der Waals surface area (Å²) in [5, 5.41) is 3.60. The van der Waals surface area contributed by atoms with E-state index in [1.54, 1.807) is 12.1 Å². The quantitative estimate of drug-likeness (QED) is 0.843. The van der Waals surface area contributed by atoms with Gasteiger partial charge in [0.25, 0.3) is 5.91 Å². The van der Waals surface area contributed by atoms with Gasteiger partial charge in [-0.25, -0.2) is 0 Å². The molecule has 0 aliphatic carbocycles. The fraction of sp³-hybridized carbons (Fsp3) is 0.300. The van der Waals surface area contributed by atoms with E-state index < -0.39 is 0 Å². The van der Waals surface area contributed by atoms with Crippen LogP contribution in [0.4, 0.5) is 0 Å². The first-order valence-corrected chi connectivity index (χ1v) is 6.04. The molecule has 0 unspecified atom stereocenters. The second-order valence-electron chi connectivity index (χ2n) is 3.00. The highest BCUT2D eigenvalue weighted by Gasteiger charge is 2.12. The molecule has 1 aromatic carbocycles. The molecule has 1 N–H and O–H groups in total. The van der Waals surface area contributed by atoms with Crippen molar-refractivity contribution in [3.8, 4) is 0 Å². The number of nitrogens with one attached hydrogen (secondary N) is 1. The van der Waals surface area contributed by atoms with Gasteiger partial charge in [-0.2, -0.15) is 0 Å². The summed E-state index contributed by atoms with van der Waals surface area (Å²) in [7, 11) is 0. The zero-order chi connectivity index (χ0) is 11.4. The molecule has 0 radical (unpaired) electrons. The maximum Gasteiger partial charge on any atom is 0.252 e. The number of benzene rings is 1. The molecule has 0 heterocycles. The Hall–Kier alpha value is -0.250. The van der Waals surface area contributed by atoms with Crippen molar-refractivity contribution >= 4 is 45.0 Å². The van der Waals surface area contributed by atoms with Gasteiger partial charge in [0.2, 0.25) is 0 Å². The van der Waals surface area contributed by atoms with Gasteiger partial charge in [0.15, 0.2) is 0 Å². The second kappa shape index (κ2) is 5.73. The number of hydrogen-bond donors (Lipinski definition) is 1. The zero-order valence-corrected chi connectivity index (χ0v) is 11.2. The van der Waals surface area contributed by atoms with Crippen molar-refractivity contribution in [3.63, 3.8) is 0 Å². The van der Waals surface area contributed by atoms with E-state index >= 15 is 0 Å². The van der Waals surface area contributed by atoms with Gasteiger partial charge in [0, 0.05) is 11.0 Å². The van der Waals surface area contributed by atoms with Crippen molar-refractivity contribution in [2.75, 3.05) is 6.54 Å². The van der Waals surface area contributed by atoms with Crippen LogP contribution in [0.3, 0.4) is 0 Å². The minimum atomic E-state index is -0.198. The van der Waals surface area contributed by atoms with Gasteiger partial charge < -0.3 is 5.32 Å². The van der Waals surface area contributed by atoms with Gasteiger partial charge in [-0.3, -0.25) is 4.79 Å². The monoisotopic (exact) mass is 309 g/mol. The average Bonchev–Trinajstić information content (AvgIpc) is 2.20. The Kier molecular flexibility index (Phi) is 4.90. The van der Waals surface area contributed by atoms with Crippen molar-refractivity contribution in [1.82, 2.24) is 5.32 Å². The van der Waals surface area contributed by atoms with Gasteiger partial charge in [-0.15, -0.1) is 0 Å². The topological polar surface area (TPSA) is 29.1 Å². The summed E-state index contributed by atoms with van der Waals surface area (Å²) in [5.74, 6) is -0.198. The molecule has 15 heavy (non-hydrogen) atoms. The normalized spacial score (nSPS) is 10.1. The summed E-state index contributed by atoms with van der Waals surface area (Å²) in [6.07, 6.45) is 0.883. The maximum atomic E-state index is 11.6. The summed E-state index contributed by atoms with van der Waals surface area (Å²) >= 11 is 15.0. The van der Waals surface area contributed by atoms with E-state index in [1.165, 1.54) is 0 Å². The van der Waals surface area contributed by atoms with Crippen molar-refractivity contribution in [3.05, 3.63) is 32.2 Å². The molecule has 0 bridgehead atoms. The van der Waals surface area contributed by atoms with Crippen LogP contribution in [0.25, 0.3) is 0 Å². The van der Waals surface area contributed by atoms with Crippen molar-refractivity contribution in [2.24, 2.45) is 0 Å². The molecule has 5 heteroatoms. The van der Waals surface area contributed by atoms with Gasteiger partial charge in [0.1, 0.15) is 0 Å². The minimum Gasteiger partial charge on any atom is -0.352 e. The average molecular weight is 311 g/mol. The summed E-state index contributed by atoms with van der Waals surface area (Å²) in [5.41, 5.74) is 0.401. The SMILES string of the molecule is CCCNC(=O)c1cc(Cl)c(Br)cc1Cl. The first-order valence-electron chi connectivity index (χ1n) is 4.49. The molecule has 0 aliphatic heterocycles. The third-order valence-electron chi connectivity index (χ3n) is 1.79. The van der Waals surface area contributed by atoms with Crippen LogP contribution in [0.2, 0.25) is 10.0 Å². The van der Waals surface area contributed by atoms with Crippen LogP contribution in [0.5, 0.6) is 0 Å². The highest BCUT2D eigenvalue weighted by atomic mass is 79.9. The summed E-state index contributed by atoms with van der Waals surface area (Å²) < 4.78 is 0.682. The molecule has 0 aliphatic rings. The summed E-state index contributed by atoms with van der Waals surface area (Å²) in [4.78, 5) is 11.6. The Balaban J connectivity index is 2.94. The molecule has 0 atom stereocenters. The lowest BCUT2D eigenvalue weighted by molar-refractivity contribution is 0.0954. The first-order chi connectivity index (χ1) is 7.06. The van der Waals surface area contributed by atoms with Crippen LogP contribution < -0.4 is 5.32 Å². The van der Waals surface area contributed by atoms with Crippen LogP contribution >= 0.6 is 39.1 Å². The number of amides is 1. The van der Waals surface area contributed by atoms with Gasteiger partial charge in [0.05, 0.1) is 15.6 Å². The van der Waals surface area contributed by atoms with E-state index in [9.17, 15) is 4.79 Å². The Morgan fingerprint density at radius 2 is 2.07 bits per heavy atom. The Morgan fingerprint density at radius 1 is 1.40 bits per heavy atom. The molecule has 0 saturated heterocycles. The Labute approximate surface area is 107 Å². The largest absolute Gasteiger partial charge is 0.352 e. The number of carbonyl (C=O) groups is 1. The summed E-state index contributed by atoms with van der Waals surface area (Å²) in [6, 6.07) is 3.17. The number of halogens is 3. The van der Waals surface area contributed by atoms with Crippen molar-refractivity contribution in [1.29, 1.82) is 0 Å². The summed E-state index contributed by atoms with van der Waals surface area (Å²) in [6.45, 7) is 2.61. The fourth-order valence-electron chi connectivity index (χ4n) is 1.03. The highest BCUT2D eigenvalue weighted by Crippen LogP contribution is 2.29. The van der Waals surface area contributed by atoms with E-state index in [1.807, 2.05) is 6.92 Å². The number of carbonyl (C=O) groups excluding carboxylic acids is 1. The molecular weight excluding hydrogens is 301 g/mol. The lowest BCUT2D eigenvalue weighted by Gasteiger charge is -2.07. The Morgan fingerprint density at radius 3 is 2.67 bits per heavy atom. The van der Waals surface area contributed by atoms with Crippen LogP contribution in [0.1, 0.15) is 23.7 Å². The molecule has 0 fully saturated rings. The second-order valence-corrected chi connectivity index (χ2v) is 4.67. The van der Waals surface area contributed by atoms with E-state index in [-0.39, 0.29) is 5.91 Å². The van der Waals surface area contributed by atoms with Gasteiger partial charge in [-0.05, 0) is 34.5 Å². The van der Waals surface area contributed by atoms with E-state index in [2.05, 4.69) is 21.2 Å². The molecular formula is C10H10BrCl2NO. The number of rotatable bonds is 3. The smallest absolute Gasteiger partial charge is 0.252 e. The lowest BCUT2D eigenvalue weighted by atomic mass is 10.2. The molecule has 0 spiro atoms. The van der Waals surface area contributed by atoms with Crippen molar-refractivity contribution < 1.29 is 4.79 Å². The van der Waals surface area contributed by atoms with Crippen LogP contribution in [-0.2, 0) is 0 Å². The van der Waals surface area contributed by atoms with Gasteiger partial charge >= 0.3 is 0 Å². The van der Waals surface area contributed by atoms with Crippen molar-refractivity contribution in [2.45, 2.75) is 13.3 Å². The predicted octanol–water partition coefficient (Wildman–Crippen LogP) is 3.90. The zero-order valence-electron chi connectivity index (χ0n) is 8.11. The van der Waals surface area contributed by atoms with E-state index in [4.69, 9.17) is 23.2 Å². The Bertz CT molecular complexity index is 382. The van der Waals surface area contributed by atoms with Crippen LogP contribution in [-0.4, -0.2) is 12.5 Å². The van der Waals surface area contributed by atoms with Gasteiger partial charge in [-0.1, -0.05) is 30.1 Å². The van der Waals surface area contributed by atoms with Crippen LogP contribution in [0.15, 0.2) is 16.6 Å². The molecule has 0 saturated carbocycles. The van der Waals surface area contributed by atoms with E-state index in [0.717, 1.165) is 6.42 Å². The third-order valence-corrected chi connectivity index (χ3v) is 3.30. The fourth-order valence-corrected chi connectivity index (χ4v) is 1.92. The molecule has 82 valence electrons. The molecule has 2 nitrogen and oxygen atoms in total. The van der Waals surface area contributed by atoms with Crippen LogP contribution in [0, 0.1) is 0 Å². The third kappa shape index (κ3) is 3.37. The minimum absolute atomic E-state index is 0.198. The molecule has 0 aromatic heterocycles. The number of hydrogen-bond acceptors (Lipinski definition) is 1. The first kappa shape index (κ1) is 12.8. The van der Waals surface area contributed by atoms with E-state index in [0.29, 0.717) is 26.6 Å². The highest BCUT2D eigenvalue weighted by molar-refractivity contribution is 9.10. The predicted molar refractivity (Wildman–Crippen MR) is 66.8 cm³/mol. The maximum absolute atomic E-state index is 11.6. The molecule has 1 rings (SSSR count). The molecule has 1 amide bonds.